The third kappa shape index (κ3) is 5.23. The lowest BCUT2D eigenvalue weighted by atomic mass is 9.83. The van der Waals surface area contributed by atoms with Gasteiger partial charge in [-0.15, -0.1) is 0 Å². The van der Waals surface area contributed by atoms with Crippen LogP contribution in [0.5, 0.6) is 0 Å². The normalized spacial score (nSPS) is 25.8. The molecule has 0 heterocycles. The molecule has 5 nitrogen and oxygen atoms in total. The lowest BCUT2D eigenvalue weighted by molar-refractivity contribution is -0.120. The molecule has 0 saturated heterocycles. The first kappa shape index (κ1) is 18.8. The number of halogens is 1. The van der Waals surface area contributed by atoms with Crippen molar-refractivity contribution in [1.82, 2.24) is 10.6 Å². The van der Waals surface area contributed by atoms with Gasteiger partial charge in [0.15, 0.2) is 0 Å². The summed E-state index contributed by atoms with van der Waals surface area (Å²) in [4.78, 5) is 11.3. The van der Waals surface area contributed by atoms with Crippen LogP contribution in [0, 0.1) is 11.3 Å². The summed E-state index contributed by atoms with van der Waals surface area (Å²) in [5.41, 5.74) is 1.30. The van der Waals surface area contributed by atoms with Crippen molar-refractivity contribution in [2.75, 3.05) is 14.2 Å². The maximum absolute atomic E-state index is 11.3. The number of rotatable bonds is 6. The summed E-state index contributed by atoms with van der Waals surface area (Å²) in [7, 11) is 3.29. The third-order valence-electron chi connectivity index (χ3n) is 4.70. The number of amides is 1. The van der Waals surface area contributed by atoms with E-state index in [1.807, 2.05) is 12.3 Å². The average molecular weight is 396 g/mol. The van der Waals surface area contributed by atoms with E-state index in [9.17, 15) is 4.79 Å². The van der Waals surface area contributed by atoms with E-state index in [0.717, 1.165) is 42.2 Å². The van der Waals surface area contributed by atoms with Crippen LogP contribution in [0.4, 0.5) is 0 Å². The second-order valence-electron chi connectivity index (χ2n) is 6.31. The molecule has 1 saturated carbocycles. The predicted molar refractivity (Wildman–Crippen MR) is 100 cm³/mol. The van der Waals surface area contributed by atoms with Crippen molar-refractivity contribution >= 4 is 27.5 Å². The van der Waals surface area contributed by atoms with E-state index >= 15 is 0 Å². The maximum atomic E-state index is 11.3. The highest BCUT2D eigenvalue weighted by molar-refractivity contribution is 9.12. The van der Waals surface area contributed by atoms with E-state index in [4.69, 9.17) is 10.1 Å². The Hall–Kier alpha value is -1.56. The van der Waals surface area contributed by atoms with Crippen LogP contribution in [-0.4, -0.2) is 31.8 Å². The molecule has 3 N–H and O–H groups in total. The molecule has 24 heavy (non-hydrogen) atoms. The van der Waals surface area contributed by atoms with Crippen molar-refractivity contribution in [3.63, 3.8) is 0 Å². The SMILES string of the molecule is CNC(=O)CCC1CCC(N/C=C2/C=C(Br)C(OC)=CC2=N)CC1. The first-order valence-electron chi connectivity index (χ1n) is 8.42. The highest BCUT2D eigenvalue weighted by Gasteiger charge is 2.21. The Morgan fingerprint density at radius 3 is 2.71 bits per heavy atom. The Labute approximate surface area is 152 Å². The highest BCUT2D eigenvalue weighted by atomic mass is 79.9. The van der Waals surface area contributed by atoms with Crippen LogP contribution in [0.2, 0.25) is 0 Å². The van der Waals surface area contributed by atoms with Gasteiger partial charge in [-0.25, -0.2) is 0 Å². The van der Waals surface area contributed by atoms with Crippen LogP contribution in [0.3, 0.4) is 0 Å². The van der Waals surface area contributed by atoms with E-state index in [1.165, 1.54) is 0 Å². The zero-order valence-electron chi connectivity index (χ0n) is 14.3. The lowest BCUT2D eigenvalue weighted by Crippen LogP contribution is -2.30. The summed E-state index contributed by atoms with van der Waals surface area (Å²) in [5.74, 6) is 1.47. The van der Waals surface area contributed by atoms with Crippen molar-refractivity contribution in [1.29, 1.82) is 5.41 Å². The lowest BCUT2D eigenvalue weighted by Gasteiger charge is -2.29. The van der Waals surface area contributed by atoms with Gasteiger partial charge in [-0.05, 0) is 60.0 Å². The molecule has 2 aliphatic carbocycles. The molecule has 0 aliphatic heterocycles. The number of hydrogen-bond acceptors (Lipinski definition) is 4. The number of allylic oxidation sites excluding steroid dienone is 4. The fourth-order valence-electron chi connectivity index (χ4n) is 3.13. The van der Waals surface area contributed by atoms with Gasteiger partial charge in [0.1, 0.15) is 5.76 Å². The van der Waals surface area contributed by atoms with Gasteiger partial charge >= 0.3 is 0 Å². The van der Waals surface area contributed by atoms with Gasteiger partial charge in [0, 0.05) is 37.4 Å². The predicted octanol–water partition coefficient (Wildman–Crippen LogP) is 3.39. The van der Waals surface area contributed by atoms with E-state index in [2.05, 4.69) is 26.6 Å². The summed E-state index contributed by atoms with van der Waals surface area (Å²) in [5, 5.41) is 14.2. The monoisotopic (exact) mass is 395 g/mol. The van der Waals surface area contributed by atoms with E-state index in [-0.39, 0.29) is 5.91 Å². The third-order valence-corrected chi connectivity index (χ3v) is 5.32. The van der Waals surface area contributed by atoms with Crippen molar-refractivity contribution < 1.29 is 9.53 Å². The molecule has 2 rings (SSSR count). The number of hydrogen-bond donors (Lipinski definition) is 3. The van der Waals surface area contributed by atoms with Gasteiger partial charge in [0.05, 0.1) is 17.3 Å². The quantitative estimate of drug-likeness (QED) is 0.645. The van der Waals surface area contributed by atoms with Crippen molar-refractivity contribution in [3.8, 4) is 0 Å². The maximum Gasteiger partial charge on any atom is 0.219 e. The summed E-state index contributed by atoms with van der Waals surface area (Å²) in [6.45, 7) is 0. The number of nitrogens with one attached hydrogen (secondary N) is 3. The molecule has 0 aromatic carbocycles. The minimum Gasteiger partial charge on any atom is -0.495 e. The zero-order chi connectivity index (χ0) is 17.5. The van der Waals surface area contributed by atoms with Crippen molar-refractivity contribution in [3.05, 3.63) is 34.2 Å². The first-order chi connectivity index (χ1) is 11.5. The summed E-state index contributed by atoms with van der Waals surface area (Å²) in [6, 6.07) is 0.446. The second kappa shape index (κ2) is 9.06. The molecule has 0 unspecified atom stereocenters. The molecule has 1 amide bonds. The summed E-state index contributed by atoms with van der Waals surface area (Å²) < 4.78 is 6.06. The minimum atomic E-state index is 0.136. The molecule has 0 radical (unpaired) electrons. The molecule has 0 spiro atoms. The number of methoxy groups -OCH3 is 1. The number of carbonyl (C=O) groups is 1. The number of ether oxygens (including phenoxy) is 1. The van der Waals surface area contributed by atoms with Gasteiger partial charge in [-0.1, -0.05) is 0 Å². The first-order valence-corrected chi connectivity index (χ1v) is 9.21. The topological polar surface area (TPSA) is 74.2 Å². The van der Waals surface area contributed by atoms with Gasteiger partial charge in [-0.3, -0.25) is 4.79 Å². The molecular weight excluding hydrogens is 370 g/mol. The second-order valence-corrected chi connectivity index (χ2v) is 7.17. The molecule has 132 valence electrons. The van der Waals surface area contributed by atoms with Crippen LogP contribution in [0.25, 0.3) is 0 Å². The van der Waals surface area contributed by atoms with E-state index < -0.39 is 0 Å². The molecule has 0 bridgehead atoms. The molecule has 2 aliphatic rings. The molecule has 1 fully saturated rings. The smallest absolute Gasteiger partial charge is 0.219 e. The molecule has 0 aromatic heterocycles. The zero-order valence-corrected chi connectivity index (χ0v) is 15.9. The van der Waals surface area contributed by atoms with Crippen molar-refractivity contribution in [2.45, 2.75) is 44.6 Å². The van der Waals surface area contributed by atoms with Crippen LogP contribution in [0.15, 0.2) is 34.2 Å². The fourth-order valence-corrected chi connectivity index (χ4v) is 3.65. The number of carbonyl (C=O) groups excluding carboxylic acids is 1. The van der Waals surface area contributed by atoms with Gasteiger partial charge in [0.25, 0.3) is 0 Å². The molecular formula is C18H26BrN3O2. The average Bonchev–Trinajstić information content (AvgIpc) is 2.60. The van der Waals surface area contributed by atoms with Crippen molar-refractivity contribution in [2.24, 2.45) is 5.92 Å². The van der Waals surface area contributed by atoms with Crippen LogP contribution in [0.1, 0.15) is 38.5 Å². The van der Waals surface area contributed by atoms with Gasteiger partial charge in [0.2, 0.25) is 5.91 Å². The van der Waals surface area contributed by atoms with E-state index in [1.54, 1.807) is 20.2 Å². The Bertz CT molecular complexity index is 573. The van der Waals surface area contributed by atoms with Gasteiger partial charge in [-0.2, -0.15) is 0 Å². The summed E-state index contributed by atoms with van der Waals surface area (Å²) >= 11 is 3.46. The van der Waals surface area contributed by atoms with Crippen LogP contribution < -0.4 is 10.6 Å². The van der Waals surface area contributed by atoms with E-state index in [0.29, 0.717) is 29.9 Å². The minimum absolute atomic E-state index is 0.136. The van der Waals surface area contributed by atoms with Crippen LogP contribution >= 0.6 is 15.9 Å². The standard InChI is InChI=1S/C18H26BrN3O2/c1-21-18(23)8-5-12-3-6-14(7-4-12)22-11-13-9-15(19)17(24-2)10-16(13)20/h9-12,14,20,22H,3-8H2,1-2H3,(H,21,23)/b13-11-,20-16?. The Morgan fingerprint density at radius 1 is 1.38 bits per heavy atom. The Balaban J connectivity index is 1.79. The highest BCUT2D eigenvalue weighted by Crippen LogP contribution is 2.29. The Morgan fingerprint density at radius 2 is 2.08 bits per heavy atom. The van der Waals surface area contributed by atoms with Crippen LogP contribution in [-0.2, 0) is 9.53 Å². The molecule has 0 aromatic rings. The largest absolute Gasteiger partial charge is 0.495 e. The van der Waals surface area contributed by atoms with Gasteiger partial charge < -0.3 is 20.8 Å². The molecule has 0 atom stereocenters. The Kier molecular flexibility index (Phi) is 7.09. The fraction of sp³-hybridized carbons (Fsp3) is 0.556. The molecule has 6 heteroatoms. The summed E-state index contributed by atoms with van der Waals surface area (Å²) in [6.07, 6.45) is 11.7.